The van der Waals surface area contributed by atoms with E-state index in [2.05, 4.69) is 15.1 Å². The molecule has 0 saturated heterocycles. The number of nitrogens with zero attached hydrogens (tertiary/aromatic N) is 2. The van der Waals surface area contributed by atoms with Gasteiger partial charge in [-0.25, -0.2) is 22.2 Å². The summed E-state index contributed by atoms with van der Waals surface area (Å²) in [5, 5.41) is 7.31. The van der Waals surface area contributed by atoms with E-state index in [4.69, 9.17) is 0 Å². The molecule has 0 aliphatic carbocycles. The van der Waals surface area contributed by atoms with Crippen LogP contribution >= 0.6 is 0 Å². The highest BCUT2D eigenvalue weighted by atomic mass is 32.2. The lowest BCUT2D eigenvalue weighted by Crippen LogP contribution is -2.30. The zero-order valence-electron chi connectivity index (χ0n) is 18.8. The standard InChI is InChI=1S/C21H31FN4O3S/c1-13(2)25-30(28,29)14-9-10-16(22)15(11-14)19(27)23-18-12-17(20(3,4)5)24-26(18)21(6,7)8/h9-13,25H,1-8H3,(H,23,27). The first kappa shape index (κ1) is 24.0. The highest BCUT2D eigenvalue weighted by Gasteiger charge is 2.27. The van der Waals surface area contributed by atoms with E-state index < -0.39 is 27.3 Å². The van der Waals surface area contributed by atoms with Gasteiger partial charge in [-0.3, -0.25) is 4.79 Å². The highest BCUT2D eigenvalue weighted by molar-refractivity contribution is 7.89. The molecule has 1 aromatic carbocycles. The maximum absolute atomic E-state index is 14.4. The minimum atomic E-state index is -3.87. The molecule has 0 aliphatic rings. The van der Waals surface area contributed by atoms with Gasteiger partial charge in [-0.15, -0.1) is 0 Å². The predicted molar refractivity (Wildman–Crippen MR) is 116 cm³/mol. The van der Waals surface area contributed by atoms with Crippen LogP contribution in [0.25, 0.3) is 0 Å². The van der Waals surface area contributed by atoms with E-state index in [-0.39, 0.29) is 21.9 Å². The van der Waals surface area contributed by atoms with Crippen molar-refractivity contribution in [2.75, 3.05) is 5.32 Å². The molecule has 0 atom stereocenters. The maximum Gasteiger partial charge on any atom is 0.259 e. The van der Waals surface area contributed by atoms with Gasteiger partial charge >= 0.3 is 0 Å². The minimum Gasteiger partial charge on any atom is -0.307 e. The van der Waals surface area contributed by atoms with Gasteiger partial charge < -0.3 is 5.32 Å². The van der Waals surface area contributed by atoms with E-state index in [1.54, 1.807) is 24.6 Å². The second-order valence-corrected chi connectivity index (χ2v) is 11.3. The van der Waals surface area contributed by atoms with Gasteiger partial charge in [-0.1, -0.05) is 20.8 Å². The highest BCUT2D eigenvalue weighted by Crippen LogP contribution is 2.28. The SMILES string of the molecule is CC(C)NS(=O)(=O)c1ccc(F)c(C(=O)Nc2cc(C(C)(C)C)nn2C(C)(C)C)c1. The van der Waals surface area contributed by atoms with Crippen molar-refractivity contribution in [2.24, 2.45) is 0 Å². The number of rotatable bonds is 5. The fraction of sp³-hybridized carbons (Fsp3) is 0.524. The fourth-order valence-electron chi connectivity index (χ4n) is 2.76. The molecule has 166 valence electrons. The van der Waals surface area contributed by atoms with Crippen LogP contribution in [0.3, 0.4) is 0 Å². The normalized spacial score (nSPS) is 13.0. The topological polar surface area (TPSA) is 93.1 Å². The summed E-state index contributed by atoms with van der Waals surface area (Å²) in [5.41, 5.74) is -0.277. The smallest absolute Gasteiger partial charge is 0.259 e. The van der Waals surface area contributed by atoms with Gasteiger partial charge in [0, 0.05) is 17.5 Å². The predicted octanol–water partition coefficient (Wildman–Crippen LogP) is 4.01. The number of anilines is 1. The Morgan fingerprint density at radius 1 is 1.10 bits per heavy atom. The Labute approximate surface area is 178 Å². The van der Waals surface area contributed by atoms with Crippen molar-refractivity contribution >= 4 is 21.7 Å². The van der Waals surface area contributed by atoms with Gasteiger partial charge in [0.2, 0.25) is 10.0 Å². The number of sulfonamides is 1. The van der Waals surface area contributed by atoms with Crippen molar-refractivity contribution in [3.05, 3.63) is 41.3 Å². The van der Waals surface area contributed by atoms with Crippen LogP contribution in [0.4, 0.5) is 10.2 Å². The maximum atomic E-state index is 14.4. The van der Waals surface area contributed by atoms with Crippen LogP contribution in [-0.4, -0.2) is 30.1 Å². The van der Waals surface area contributed by atoms with Gasteiger partial charge in [0.1, 0.15) is 11.6 Å². The number of hydrogen-bond acceptors (Lipinski definition) is 4. The van der Waals surface area contributed by atoms with E-state index >= 15 is 0 Å². The van der Waals surface area contributed by atoms with E-state index in [0.717, 1.165) is 23.9 Å². The Bertz CT molecular complexity index is 1050. The van der Waals surface area contributed by atoms with Crippen LogP contribution in [0.15, 0.2) is 29.2 Å². The van der Waals surface area contributed by atoms with Gasteiger partial charge in [-0.2, -0.15) is 5.10 Å². The number of carbonyl (C=O) groups is 1. The molecule has 2 N–H and O–H groups in total. The molecule has 0 radical (unpaired) electrons. The molecule has 1 heterocycles. The van der Waals surface area contributed by atoms with Crippen molar-refractivity contribution in [3.8, 4) is 0 Å². The number of carbonyl (C=O) groups excluding carboxylic acids is 1. The van der Waals surface area contributed by atoms with Crippen LogP contribution < -0.4 is 10.0 Å². The third kappa shape index (κ3) is 5.46. The monoisotopic (exact) mass is 438 g/mol. The molecule has 0 fully saturated rings. The van der Waals surface area contributed by atoms with Crippen molar-refractivity contribution in [1.29, 1.82) is 0 Å². The molecule has 0 spiro atoms. The number of nitrogens with one attached hydrogen (secondary N) is 2. The van der Waals surface area contributed by atoms with Crippen molar-refractivity contribution < 1.29 is 17.6 Å². The first-order valence-electron chi connectivity index (χ1n) is 9.76. The Balaban J connectivity index is 2.46. The summed E-state index contributed by atoms with van der Waals surface area (Å²) < 4.78 is 43.3. The third-order valence-electron chi connectivity index (χ3n) is 4.24. The largest absolute Gasteiger partial charge is 0.307 e. The minimum absolute atomic E-state index is 0.178. The van der Waals surface area contributed by atoms with Crippen LogP contribution in [0, 0.1) is 5.82 Å². The molecule has 2 rings (SSSR count). The molecule has 1 aromatic heterocycles. The van der Waals surface area contributed by atoms with Crippen molar-refractivity contribution in [1.82, 2.24) is 14.5 Å². The van der Waals surface area contributed by atoms with E-state index in [9.17, 15) is 17.6 Å². The molecule has 0 saturated carbocycles. The van der Waals surface area contributed by atoms with Gasteiger partial charge in [0.05, 0.1) is 21.7 Å². The molecule has 7 nitrogen and oxygen atoms in total. The third-order valence-corrected chi connectivity index (χ3v) is 5.89. The van der Waals surface area contributed by atoms with Crippen molar-refractivity contribution in [3.63, 3.8) is 0 Å². The summed E-state index contributed by atoms with van der Waals surface area (Å²) in [7, 11) is -3.87. The molecule has 30 heavy (non-hydrogen) atoms. The summed E-state index contributed by atoms with van der Waals surface area (Å²) in [6, 6.07) is 4.56. The van der Waals surface area contributed by atoms with Crippen LogP contribution in [0.2, 0.25) is 0 Å². The number of benzene rings is 1. The lowest BCUT2D eigenvalue weighted by molar-refractivity contribution is 0.102. The first-order valence-corrected chi connectivity index (χ1v) is 11.2. The van der Waals surface area contributed by atoms with Gasteiger partial charge in [0.25, 0.3) is 5.91 Å². The lowest BCUT2D eigenvalue weighted by Gasteiger charge is -2.23. The molecule has 2 aromatic rings. The average Bonchev–Trinajstić information content (AvgIpc) is 2.98. The van der Waals surface area contributed by atoms with Gasteiger partial charge in [0.15, 0.2) is 0 Å². The molecular formula is C21H31FN4O3S. The summed E-state index contributed by atoms with van der Waals surface area (Å²) in [6.07, 6.45) is 0. The fourth-order valence-corrected chi connectivity index (χ4v) is 4.03. The molecule has 0 aliphatic heterocycles. The average molecular weight is 439 g/mol. The van der Waals surface area contributed by atoms with E-state index in [1.165, 1.54) is 0 Å². The van der Waals surface area contributed by atoms with Gasteiger partial charge in [-0.05, 0) is 52.8 Å². The summed E-state index contributed by atoms with van der Waals surface area (Å²) in [5.74, 6) is -1.15. The summed E-state index contributed by atoms with van der Waals surface area (Å²) in [4.78, 5) is 12.7. The summed E-state index contributed by atoms with van der Waals surface area (Å²) in [6.45, 7) is 15.2. The van der Waals surface area contributed by atoms with Crippen molar-refractivity contribution in [2.45, 2.75) is 77.3 Å². The number of aromatic nitrogens is 2. The Morgan fingerprint density at radius 2 is 1.70 bits per heavy atom. The number of amides is 1. The Hall–Kier alpha value is -2.26. The zero-order valence-corrected chi connectivity index (χ0v) is 19.6. The quantitative estimate of drug-likeness (QED) is 0.738. The van der Waals surface area contributed by atoms with Crippen LogP contribution in [0.1, 0.15) is 71.4 Å². The number of halogens is 1. The molecule has 0 bridgehead atoms. The van der Waals surface area contributed by atoms with Crippen LogP contribution in [0.5, 0.6) is 0 Å². The first-order chi connectivity index (χ1) is 13.5. The molecule has 1 amide bonds. The van der Waals surface area contributed by atoms with Crippen LogP contribution in [-0.2, 0) is 21.0 Å². The van der Waals surface area contributed by atoms with E-state index in [1.807, 2.05) is 41.5 Å². The summed E-state index contributed by atoms with van der Waals surface area (Å²) >= 11 is 0. The molecule has 0 unspecified atom stereocenters. The second kappa shape index (κ2) is 8.11. The molecular weight excluding hydrogens is 407 g/mol. The van der Waals surface area contributed by atoms with E-state index in [0.29, 0.717) is 5.82 Å². The Morgan fingerprint density at radius 3 is 2.20 bits per heavy atom. The number of hydrogen-bond donors (Lipinski definition) is 2. The Kier molecular flexibility index (Phi) is 6.49. The zero-order chi connectivity index (χ0) is 23.1. The second-order valence-electron chi connectivity index (χ2n) is 9.62. The molecule has 9 heteroatoms. The lowest BCUT2D eigenvalue weighted by atomic mass is 9.92.